The van der Waals surface area contributed by atoms with Gasteiger partial charge in [-0.3, -0.25) is 14.6 Å². The summed E-state index contributed by atoms with van der Waals surface area (Å²) in [6.45, 7) is 1.85. The van der Waals surface area contributed by atoms with Gasteiger partial charge in [-0.1, -0.05) is 36.8 Å². The average Bonchev–Trinajstić information content (AvgIpc) is 2.90. The maximum absolute atomic E-state index is 13.8. The number of Topliss-reactive ketones (excluding diaryl/α,β-unsaturated/α-hetero) is 1. The minimum absolute atomic E-state index is 0.00464. The highest BCUT2D eigenvalue weighted by atomic mass is 79.9. The van der Waals surface area contributed by atoms with Gasteiger partial charge in [-0.15, -0.1) is 0 Å². The van der Waals surface area contributed by atoms with Gasteiger partial charge >= 0.3 is 5.97 Å². The van der Waals surface area contributed by atoms with E-state index < -0.39 is 11.8 Å². The second kappa shape index (κ2) is 10.8. The topological polar surface area (TPSA) is 85.2 Å². The Labute approximate surface area is 225 Å². The molecule has 5 rings (SSSR count). The number of benzene rings is 2. The third-order valence-corrected chi connectivity index (χ3v) is 8.48. The number of rotatable bonds is 5. The molecule has 0 radical (unpaired) electrons. The number of ketones is 1. The van der Waals surface area contributed by atoms with E-state index in [1.165, 1.54) is 7.11 Å². The van der Waals surface area contributed by atoms with Crippen molar-refractivity contribution in [3.63, 3.8) is 0 Å². The van der Waals surface area contributed by atoms with Crippen LogP contribution >= 0.6 is 15.9 Å². The fourth-order valence-electron chi connectivity index (χ4n) is 6.04. The van der Waals surface area contributed by atoms with E-state index in [0.29, 0.717) is 34.2 Å². The summed E-state index contributed by atoms with van der Waals surface area (Å²) in [5, 5.41) is 10.4. The number of phenolic OH excluding ortho intramolecular Hbond substituents is 1. The van der Waals surface area contributed by atoms with Gasteiger partial charge in [0.2, 0.25) is 0 Å². The normalized spacial score (nSPS) is 24.4. The van der Waals surface area contributed by atoms with Crippen molar-refractivity contribution in [1.29, 1.82) is 0 Å². The molecule has 6 nitrogen and oxygen atoms in total. The van der Waals surface area contributed by atoms with Crippen molar-refractivity contribution < 1.29 is 24.2 Å². The van der Waals surface area contributed by atoms with Crippen molar-refractivity contribution in [1.82, 2.24) is 0 Å². The molecule has 37 heavy (non-hydrogen) atoms. The Kier molecular flexibility index (Phi) is 7.52. The van der Waals surface area contributed by atoms with E-state index in [-0.39, 0.29) is 35.3 Å². The van der Waals surface area contributed by atoms with Gasteiger partial charge in [0.15, 0.2) is 17.3 Å². The van der Waals surface area contributed by atoms with Gasteiger partial charge in [0.25, 0.3) is 0 Å². The van der Waals surface area contributed by atoms with Gasteiger partial charge in [-0.25, -0.2) is 0 Å². The lowest BCUT2D eigenvalue weighted by atomic mass is 9.69. The second-order valence-electron chi connectivity index (χ2n) is 10.3. The number of nitrogens with zero attached hydrogens (tertiary/aromatic N) is 1. The van der Waals surface area contributed by atoms with E-state index in [1.807, 2.05) is 37.3 Å². The van der Waals surface area contributed by atoms with E-state index in [2.05, 4.69) is 15.9 Å². The number of methoxy groups -OCH3 is 1. The zero-order chi connectivity index (χ0) is 26.1. The SMILES string of the molecule is COc1cc(C2C3=C(CC(c4ccccc4)CC3=O)N=C(C)C2C(=O)OC2CCCCC2)cc(Br)c1O. The Morgan fingerprint density at radius 1 is 1.05 bits per heavy atom. The van der Waals surface area contributed by atoms with Crippen molar-refractivity contribution in [3.05, 3.63) is 69.3 Å². The minimum atomic E-state index is -0.723. The maximum atomic E-state index is 13.8. The lowest BCUT2D eigenvalue weighted by Crippen LogP contribution is -2.39. The van der Waals surface area contributed by atoms with Crippen LogP contribution in [0.5, 0.6) is 11.5 Å². The molecule has 0 aromatic heterocycles. The monoisotopic (exact) mass is 565 g/mol. The number of carbonyl (C=O) groups excluding carboxylic acids is 2. The molecule has 0 saturated heterocycles. The third-order valence-electron chi connectivity index (χ3n) is 7.88. The molecule has 1 heterocycles. The predicted molar refractivity (Wildman–Crippen MR) is 145 cm³/mol. The first-order valence-electron chi connectivity index (χ1n) is 13.0. The van der Waals surface area contributed by atoms with Crippen LogP contribution < -0.4 is 4.74 Å². The van der Waals surface area contributed by atoms with Crippen LogP contribution in [0.1, 0.15) is 74.8 Å². The summed E-state index contributed by atoms with van der Waals surface area (Å²) in [6.07, 6.45) is 5.87. The molecule has 2 aromatic rings. The number of esters is 1. The number of hydrogen-bond donors (Lipinski definition) is 1. The van der Waals surface area contributed by atoms with Crippen LogP contribution in [0, 0.1) is 5.92 Å². The lowest BCUT2D eigenvalue weighted by molar-refractivity contribution is -0.153. The van der Waals surface area contributed by atoms with E-state index in [0.717, 1.165) is 43.4 Å². The number of phenols is 1. The highest BCUT2D eigenvalue weighted by Crippen LogP contribution is 2.49. The van der Waals surface area contributed by atoms with E-state index in [1.54, 1.807) is 12.1 Å². The van der Waals surface area contributed by atoms with E-state index in [9.17, 15) is 14.7 Å². The first kappa shape index (κ1) is 25.7. The molecule has 194 valence electrons. The lowest BCUT2D eigenvalue weighted by Gasteiger charge is -2.37. The van der Waals surface area contributed by atoms with Gasteiger partial charge in [-0.05, 0) is 84.1 Å². The molecule has 2 aliphatic carbocycles. The zero-order valence-corrected chi connectivity index (χ0v) is 22.8. The summed E-state index contributed by atoms with van der Waals surface area (Å²) in [4.78, 5) is 32.4. The first-order valence-corrected chi connectivity index (χ1v) is 13.8. The molecular weight excluding hydrogens is 534 g/mol. The summed E-state index contributed by atoms with van der Waals surface area (Å²) in [5.41, 5.74) is 3.77. The van der Waals surface area contributed by atoms with Crippen molar-refractivity contribution in [2.75, 3.05) is 7.11 Å². The summed E-state index contributed by atoms with van der Waals surface area (Å²) in [6, 6.07) is 13.5. The van der Waals surface area contributed by atoms with Gasteiger partial charge in [0.05, 0.1) is 11.6 Å². The molecule has 3 atom stereocenters. The van der Waals surface area contributed by atoms with Crippen molar-refractivity contribution in [2.45, 2.75) is 69.8 Å². The van der Waals surface area contributed by atoms with Crippen LogP contribution in [-0.4, -0.2) is 35.8 Å². The number of aliphatic imine (C=N–C) groups is 1. The predicted octanol–water partition coefficient (Wildman–Crippen LogP) is 6.61. The molecule has 0 amide bonds. The first-order chi connectivity index (χ1) is 17.9. The highest BCUT2D eigenvalue weighted by molar-refractivity contribution is 9.10. The van der Waals surface area contributed by atoms with Crippen molar-refractivity contribution in [3.8, 4) is 11.5 Å². The van der Waals surface area contributed by atoms with E-state index >= 15 is 0 Å². The van der Waals surface area contributed by atoms with Crippen LogP contribution in [-0.2, 0) is 14.3 Å². The molecule has 3 aliphatic rings. The summed E-state index contributed by atoms with van der Waals surface area (Å²) in [5.74, 6) is -1.35. The number of allylic oxidation sites excluding steroid dienone is 2. The van der Waals surface area contributed by atoms with Crippen molar-refractivity contribution >= 4 is 33.4 Å². The Balaban J connectivity index is 1.58. The average molecular weight is 566 g/mol. The van der Waals surface area contributed by atoms with E-state index in [4.69, 9.17) is 14.5 Å². The Hall–Kier alpha value is -2.93. The molecule has 1 fully saturated rings. The zero-order valence-electron chi connectivity index (χ0n) is 21.2. The van der Waals surface area contributed by atoms with Gasteiger partial charge in [-0.2, -0.15) is 0 Å². The van der Waals surface area contributed by atoms with Crippen LogP contribution in [0.2, 0.25) is 0 Å². The summed E-state index contributed by atoms with van der Waals surface area (Å²) >= 11 is 3.42. The van der Waals surface area contributed by atoms with Crippen LogP contribution in [0.15, 0.2) is 63.2 Å². The fraction of sp³-hybridized carbons (Fsp3) is 0.433. The second-order valence-corrected chi connectivity index (χ2v) is 11.1. The maximum Gasteiger partial charge on any atom is 0.315 e. The fourth-order valence-corrected chi connectivity index (χ4v) is 6.50. The van der Waals surface area contributed by atoms with Gasteiger partial charge in [0.1, 0.15) is 12.0 Å². The molecule has 7 heteroatoms. The third kappa shape index (κ3) is 5.11. The van der Waals surface area contributed by atoms with Crippen LogP contribution in [0.4, 0.5) is 0 Å². The van der Waals surface area contributed by atoms with Gasteiger partial charge in [0, 0.05) is 29.3 Å². The Morgan fingerprint density at radius 3 is 2.49 bits per heavy atom. The van der Waals surface area contributed by atoms with Crippen LogP contribution in [0.25, 0.3) is 0 Å². The van der Waals surface area contributed by atoms with Crippen molar-refractivity contribution in [2.24, 2.45) is 10.9 Å². The quantitative estimate of drug-likeness (QED) is 0.412. The Bertz CT molecular complexity index is 1260. The van der Waals surface area contributed by atoms with Gasteiger partial charge < -0.3 is 14.6 Å². The molecule has 1 N–H and O–H groups in total. The standard InChI is InChI=1S/C30H32BrNO5/c1-17-26(30(35)37-21-11-7-4-8-12-21)27(20-13-22(31)29(34)25(16-20)36-2)28-23(32-17)14-19(15-24(28)33)18-9-5-3-6-10-18/h3,5-6,9-10,13,16,19,21,26-27,34H,4,7-8,11-12,14-15H2,1-2H3. The number of ether oxygens (including phenoxy) is 2. The summed E-state index contributed by atoms with van der Waals surface area (Å²) < 4.78 is 11.9. The summed E-state index contributed by atoms with van der Waals surface area (Å²) in [7, 11) is 1.48. The number of halogens is 1. The van der Waals surface area contributed by atoms with Crippen LogP contribution in [0.3, 0.4) is 0 Å². The molecule has 1 saturated carbocycles. The smallest absolute Gasteiger partial charge is 0.315 e. The molecule has 2 aromatic carbocycles. The number of hydrogen-bond acceptors (Lipinski definition) is 6. The molecular formula is C30H32BrNO5. The molecule has 1 aliphatic heterocycles. The Morgan fingerprint density at radius 2 is 1.78 bits per heavy atom. The molecule has 0 bridgehead atoms. The number of aromatic hydroxyl groups is 1. The molecule has 0 spiro atoms. The molecule has 3 unspecified atom stereocenters. The largest absolute Gasteiger partial charge is 0.503 e. The number of carbonyl (C=O) groups is 2. The highest BCUT2D eigenvalue weighted by Gasteiger charge is 2.45. The minimum Gasteiger partial charge on any atom is -0.503 e.